The van der Waals surface area contributed by atoms with Crippen molar-refractivity contribution >= 4 is 0 Å². The number of nitrogens with zero attached hydrogens (tertiary/aromatic N) is 2. The highest BCUT2D eigenvalue weighted by Gasteiger charge is 2.03. The minimum Gasteiger partial charge on any atom is -0.481 e. The van der Waals surface area contributed by atoms with Crippen molar-refractivity contribution in [1.29, 1.82) is 0 Å². The summed E-state index contributed by atoms with van der Waals surface area (Å²) in [5, 5.41) is 3.13. The van der Waals surface area contributed by atoms with Gasteiger partial charge in [0.25, 0.3) is 0 Å². The molecule has 0 fully saturated rings. The van der Waals surface area contributed by atoms with Gasteiger partial charge in [0, 0.05) is 24.7 Å². The summed E-state index contributed by atoms with van der Waals surface area (Å²) in [7, 11) is 3.53. The van der Waals surface area contributed by atoms with E-state index < -0.39 is 0 Å². The first-order chi connectivity index (χ1) is 6.26. The Hall–Kier alpha value is -1.16. The number of hydrogen-bond acceptors (Lipinski definition) is 4. The molecule has 72 valence electrons. The van der Waals surface area contributed by atoms with E-state index >= 15 is 0 Å². The molecule has 1 aromatic rings. The van der Waals surface area contributed by atoms with Gasteiger partial charge in [0.2, 0.25) is 5.88 Å². The smallest absolute Gasteiger partial charge is 0.216 e. The minimum atomic E-state index is 0.382. The Kier molecular flexibility index (Phi) is 3.64. The van der Waals surface area contributed by atoms with Gasteiger partial charge in [0.1, 0.15) is 5.82 Å². The highest BCUT2D eigenvalue weighted by Crippen LogP contribution is 2.04. The van der Waals surface area contributed by atoms with Crippen LogP contribution in [0.4, 0.5) is 0 Å². The lowest BCUT2D eigenvalue weighted by Gasteiger charge is -2.08. The van der Waals surface area contributed by atoms with Crippen LogP contribution in [0.15, 0.2) is 12.3 Å². The van der Waals surface area contributed by atoms with Crippen LogP contribution in [0.3, 0.4) is 0 Å². The van der Waals surface area contributed by atoms with E-state index in [1.54, 1.807) is 19.4 Å². The molecule has 0 radical (unpaired) electrons. The second-order valence-electron chi connectivity index (χ2n) is 2.91. The largest absolute Gasteiger partial charge is 0.481 e. The zero-order valence-corrected chi connectivity index (χ0v) is 8.24. The molecule has 0 bridgehead atoms. The first kappa shape index (κ1) is 9.92. The lowest BCUT2D eigenvalue weighted by atomic mass is 10.2. The second kappa shape index (κ2) is 4.77. The SMILES string of the molecule is CNC(C)Cc1nccc(OC)n1. The summed E-state index contributed by atoms with van der Waals surface area (Å²) in [6.45, 7) is 2.09. The maximum Gasteiger partial charge on any atom is 0.216 e. The molecular formula is C9H15N3O. The molecule has 1 aromatic heterocycles. The number of ether oxygens (including phenoxy) is 1. The van der Waals surface area contributed by atoms with Gasteiger partial charge in [0.05, 0.1) is 7.11 Å². The van der Waals surface area contributed by atoms with Crippen LogP contribution in [0.5, 0.6) is 5.88 Å². The van der Waals surface area contributed by atoms with Crippen molar-refractivity contribution in [3.63, 3.8) is 0 Å². The standard InChI is InChI=1S/C9H15N3O/c1-7(10-2)6-8-11-5-4-9(12-8)13-3/h4-5,7,10H,6H2,1-3H3. The highest BCUT2D eigenvalue weighted by atomic mass is 16.5. The molecule has 0 aliphatic heterocycles. The zero-order chi connectivity index (χ0) is 9.68. The summed E-state index contributed by atoms with van der Waals surface area (Å²) >= 11 is 0. The van der Waals surface area contributed by atoms with Gasteiger partial charge in [-0.1, -0.05) is 0 Å². The molecule has 13 heavy (non-hydrogen) atoms. The Morgan fingerprint density at radius 3 is 3.00 bits per heavy atom. The van der Waals surface area contributed by atoms with Gasteiger partial charge in [-0.05, 0) is 14.0 Å². The van der Waals surface area contributed by atoms with E-state index in [4.69, 9.17) is 4.74 Å². The summed E-state index contributed by atoms with van der Waals surface area (Å²) in [5.41, 5.74) is 0. The highest BCUT2D eigenvalue weighted by molar-refractivity contribution is 5.08. The fourth-order valence-corrected chi connectivity index (χ4v) is 0.968. The van der Waals surface area contributed by atoms with Crippen LogP contribution in [0.2, 0.25) is 0 Å². The first-order valence-corrected chi connectivity index (χ1v) is 4.29. The molecule has 4 nitrogen and oxygen atoms in total. The van der Waals surface area contributed by atoms with Gasteiger partial charge in [-0.3, -0.25) is 0 Å². The van der Waals surface area contributed by atoms with E-state index in [1.165, 1.54) is 0 Å². The minimum absolute atomic E-state index is 0.382. The van der Waals surface area contributed by atoms with E-state index in [0.717, 1.165) is 12.2 Å². The number of aromatic nitrogens is 2. The fourth-order valence-electron chi connectivity index (χ4n) is 0.968. The maximum atomic E-state index is 5.00. The molecular weight excluding hydrogens is 166 g/mol. The molecule has 0 spiro atoms. The quantitative estimate of drug-likeness (QED) is 0.740. The van der Waals surface area contributed by atoms with Crippen LogP contribution in [-0.4, -0.2) is 30.2 Å². The lowest BCUT2D eigenvalue weighted by Crippen LogP contribution is -2.24. The average Bonchev–Trinajstić information content (AvgIpc) is 2.18. The van der Waals surface area contributed by atoms with Crippen molar-refractivity contribution in [2.24, 2.45) is 0 Å². The summed E-state index contributed by atoms with van der Waals surface area (Å²) in [6, 6.07) is 2.13. The van der Waals surface area contributed by atoms with Crippen LogP contribution in [0.1, 0.15) is 12.7 Å². The predicted octanol–water partition coefficient (Wildman–Crippen LogP) is 0.636. The van der Waals surface area contributed by atoms with Gasteiger partial charge in [-0.25, -0.2) is 4.98 Å². The molecule has 0 aliphatic carbocycles. The number of hydrogen-bond donors (Lipinski definition) is 1. The Labute approximate surface area is 78.4 Å². The van der Waals surface area contributed by atoms with E-state index in [0.29, 0.717) is 11.9 Å². The van der Waals surface area contributed by atoms with Gasteiger partial charge in [0.15, 0.2) is 0 Å². The molecule has 0 saturated heterocycles. The second-order valence-corrected chi connectivity index (χ2v) is 2.91. The summed E-state index contributed by atoms with van der Waals surface area (Å²) < 4.78 is 5.00. The molecule has 1 atom stereocenters. The Bertz CT molecular complexity index is 265. The van der Waals surface area contributed by atoms with E-state index in [9.17, 15) is 0 Å². The van der Waals surface area contributed by atoms with Gasteiger partial charge in [-0.15, -0.1) is 0 Å². The molecule has 4 heteroatoms. The van der Waals surface area contributed by atoms with Gasteiger partial charge >= 0.3 is 0 Å². The topological polar surface area (TPSA) is 47.0 Å². The van der Waals surface area contributed by atoms with Gasteiger partial charge in [-0.2, -0.15) is 4.98 Å². The zero-order valence-electron chi connectivity index (χ0n) is 8.24. The van der Waals surface area contributed by atoms with Gasteiger partial charge < -0.3 is 10.1 Å². The Balaban J connectivity index is 2.66. The molecule has 0 aliphatic rings. The number of likely N-dealkylation sites (N-methyl/N-ethyl adjacent to an activating group) is 1. The number of rotatable bonds is 4. The molecule has 1 heterocycles. The van der Waals surface area contributed by atoms with Crippen molar-refractivity contribution in [3.05, 3.63) is 18.1 Å². The first-order valence-electron chi connectivity index (χ1n) is 4.29. The third-order valence-corrected chi connectivity index (χ3v) is 1.87. The number of nitrogens with one attached hydrogen (secondary N) is 1. The normalized spacial score (nSPS) is 12.5. The maximum absolute atomic E-state index is 5.00. The molecule has 1 unspecified atom stereocenters. The van der Waals surface area contributed by atoms with Crippen LogP contribution in [-0.2, 0) is 6.42 Å². The number of methoxy groups -OCH3 is 1. The summed E-state index contributed by atoms with van der Waals surface area (Å²) in [5.74, 6) is 1.43. The average molecular weight is 181 g/mol. The van der Waals surface area contributed by atoms with Crippen LogP contribution < -0.4 is 10.1 Å². The third kappa shape index (κ3) is 2.99. The Morgan fingerprint density at radius 1 is 1.62 bits per heavy atom. The molecule has 0 amide bonds. The van der Waals surface area contributed by atoms with Crippen LogP contribution >= 0.6 is 0 Å². The van der Waals surface area contributed by atoms with Crippen LogP contribution in [0, 0.1) is 0 Å². The lowest BCUT2D eigenvalue weighted by molar-refractivity contribution is 0.393. The monoisotopic (exact) mass is 181 g/mol. The van der Waals surface area contributed by atoms with E-state index in [2.05, 4.69) is 22.2 Å². The van der Waals surface area contributed by atoms with Crippen LogP contribution in [0.25, 0.3) is 0 Å². The third-order valence-electron chi connectivity index (χ3n) is 1.87. The van der Waals surface area contributed by atoms with Crippen molar-refractivity contribution in [2.75, 3.05) is 14.2 Å². The molecule has 0 aromatic carbocycles. The van der Waals surface area contributed by atoms with E-state index in [-0.39, 0.29) is 0 Å². The molecule has 1 N–H and O–H groups in total. The molecule has 0 saturated carbocycles. The fraction of sp³-hybridized carbons (Fsp3) is 0.556. The van der Waals surface area contributed by atoms with E-state index in [1.807, 2.05) is 7.05 Å². The van der Waals surface area contributed by atoms with Crippen molar-refractivity contribution in [3.8, 4) is 5.88 Å². The predicted molar refractivity (Wildman–Crippen MR) is 50.8 cm³/mol. The van der Waals surface area contributed by atoms with Crippen molar-refractivity contribution in [1.82, 2.24) is 15.3 Å². The molecule has 1 rings (SSSR count). The summed E-state index contributed by atoms with van der Waals surface area (Å²) in [6.07, 6.45) is 2.53. The van der Waals surface area contributed by atoms with Crippen molar-refractivity contribution < 1.29 is 4.74 Å². The summed E-state index contributed by atoms with van der Waals surface area (Å²) in [4.78, 5) is 8.35. The Morgan fingerprint density at radius 2 is 2.38 bits per heavy atom. The van der Waals surface area contributed by atoms with Crippen molar-refractivity contribution in [2.45, 2.75) is 19.4 Å².